The Labute approximate surface area is 184 Å². The third kappa shape index (κ3) is 10.5. The highest BCUT2D eigenvalue weighted by atomic mass is 16.4. The molecule has 0 aromatic heterocycles. The van der Waals surface area contributed by atoms with Gasteiger partial charge in [0.25, 0.3) is 0 Å². The minimum Gasteiger partial charge on any atom is -0.544 e. The summed E-state index contributed by atoms with van der Waals surface area (Å²) in [7, 11) is 0. The number of aliphatic carboxylic acids is 1. The van der Waals surface area contributed by atoms with Crippen LogP contribution >= 0.6 is 0 Å². The van der Waals surface area contributed by atoms with Crippen LogP contribution in [0.2, 0.25) is 0 Å². The predicted molar refractivity (Wildman–Crippen MR) is 124 cm³/mol. The van der Waals surface area contributed by atoms with Crippen LogP contribution in [-0.4, -0.2) is 29.0 Å². The number of rotatable bonds is 19. The fourth-order valence-electron chi connectivity index (χ4n) is 4.09. The van der Waals surface area contributed by atoms with Gasteiger partial charge in [-0.2, -0.15) is 0 Å². The van der Waals surface area contributed by atoms with E-state index < -0.39 is 5.97 Å². The first-order valence-corrected chi connectivity index (χ1v) is 12.3. The highest BCUT2D eigenvalue weighted by Crippen LogP contribution is 2.23. The molecule has 1 heterocycles. The van der Waals surface area contributed by atoms with E-state index in [0.29, 0.717) is 0 Å². The zero-order valence-electron chi connectivity index (χ0n) is 19.5. The van der Waals surface area contributed by atoms with Crippen molar-refractivity contribution < 1.29 is 14.4 Å². The molecule has 172 valence electrons. The lowest BCUT2D eigenvalue weighted by atomic mass is 10.0. The number of quaternary nitrogens is 1. The quantitative estimate of drug-likeness (QED) is 0.178. The average molecular weight is 420 g/mol. The summed E-state index contributed by atoms with van der Waals surface area (Å²) in [5.74, 6) is -0.232. The minimum atomic E-state index is -1.09. The lowest BCUT2D eigenvalue weighted by Crippen LogP contribution is -2.60. The van der Waals surface area contributed by atoms with Crippen LogP contribution in [0.15, 0.2) is 29.5 Å². The summed E-state index contributed by atoms with van der Waals surface area (Å²) in [5, 5.41) is 11.2. The van der Waals surface area contributed by atoms with Gasteiger partial charge in [-0.15, -0.1) is 0 Å². The number of unbranched alkanes of at least 4 members (excludes halogenated alkanes) is 12. The number of amidine groups is 1. The van der Waals surface area contributed by atoms with E-state index in [9.17, 15) is 9.90 Å². The van der Waals surface area contributed by atoms with Crippen LogP contribution in [0.3, 0.4) is 0 Å². The Morgan fingerprint density at radius 2 is 1.53 bits per heavy atom. The van der Waals surface area contributed by atoms with E-state index in [0.717, 1.165) is 25.1 Å². The number of allylic oxidation sites excluding steroid dienone is 2. The van der Waals surface area contributed by atoms with Crippen LogP contribution in [0.5, 0.6) is 0 Å². The van der Waals surface area contributed by atoms with Gasteiger partial charge in [-0.1, -0.05) is 83.3 Å². The normalized spacial score (nSPS) is 19.5. The van der Waals surface area contributed by atoms with Crippen LogP contribution < -0.4 is 10.8 Å². The van der Waals surface area contributed by atoms with Gasteiger partial charge in [-0.3, -0.25) is 5.73 Å². The van der Waals surface area contributed by atoms with Gasteiger partial charge in [-0.05, 0) is 25.7 Å². The average Bonchev–Trinajstić information content (AvgIpc) is 3.10. The van der Waals surface area contributed by atoms with Crippen molar-refractivity contribution in [3.05, 3.63) is 24.6 Å². The number of carboxylic acids is 1. The molecule has 0 amide bonds. The second-order valence-corrected chi connectivity index (χ2v) is 8.73. The van der Waals surface area contributed by atoms with E-state index in [1.807, 2.05) is 6.92 Å². The van der Waals surface area contributed by atoms with Gasteiger partial charge < -0.3 is 9.90 Å². The van der Waals surface area contributed by atoms with Gasteiger partial charge in [0.2, 0.25) is 5.84 Å². The molecule has 5 nitrogen and oxygen atoms in total. The molecule has 0 aromatic carbocycles. The summed E-state index contributed by atoms with van der Waals surface area (Å²) in [4.78, 5) is 15.6. The summed E-state index contributed by atoms with van der Waals surface area (Å²) in [6, 6.07) is 0. The van der Waals surface area contributed by atoms with Crippen molar-refractivity contribution >= 4 is 11.8 Å². The van der Waals surface area contributed by atoms with Crippen molar-refractivity contribution in [1.82, 2.24) is 0 Å². The summed E-state index contributed by atoms with van der Waals surface area (Å²) in [6.45, 7) is 3.94. The first-order valence-electron chi connectivity index (χ1n) is 12.3. The SMILES string of the molecule is CCCC/C=C/CCCCCCCCCCCCC1=NC=C[N+]1(CC(=O)[O-])C(C)N. The zero-order valence-corrected chi connectivity index (χ0v) is 19.5. The summed E-state index contributed by atoms with van der Waals surface area (Å²) < 4.78 is 0.108. The molecule has 2 unspecified atom stereocenters. The third-order valence-corrected chi connectivity index (χ3v) is 6.07. The molecule has 1 aliphatic heterocycles. The summed E-state index contributed by atoms with van der Waals surface area (Å²) >= 11 is 0. The molecule has 0 saturated carbocycles. The number of carboxylic acid groups (broad SMARTS) is 1. The van der Waals surface area contributed by atoms with Crippen LogP contribution in [0.1, 0.15) is 110 Å². The Kier molecular flexibility index (Phi) is 14.4. The van der Waals surface area contributed by atoms with Gasteiger partial charge in [0.15, 0.2) is 0 Å². The Morgan fingerprint density at radius 3 is 2.07 bits per heavy atom. The highest BCUT2D eigenvalue weighted by molar-refractivity contribution is 5.81. The number of nitrogens with two attached hydrogens (primary N) is 1. The first-order chi connectivity index (χ1) is 14.5. The lowest BCUT2D eigenvalue weighted by molar-refractivity contribution is -0.808. The van der Waals surface area contributed by atoms with Crippen LogP contribution in [-0.2, 0) is 4.79 Å². The molecule has 0 spiro atoms. The molecule has 1 rings (SSSR count). The van der Waals surface area contributed by atoms with Crippen LogP contribution in [0.4, 0.5) is 0 Å². The smallest absolute Gasteiger partial charge is 0.209 e. The number of hydrogen-bond acceptors (Lipinski definition) is 4. The molecule has 5 heteroatoms. The molecule has 2 N–H and O–H groups in total. The highest BCUT2D eigenvalue weighted by Gasteiger charge is 2.38. The number of nitrogens with zero attached hydrogens (tertiary/aromatic N) is 2. The van der Waals surface area contributed by atoms with Gasteiger partial charge >= 0.3 is 0 Å². The number of carbonyl (C=O) groups is 1. The van der Waals surface area contributed by atoms with Crippen molar-refractivity contribution in [2.45, 2.75) is 116 Å². The standard InChI is InChI=1S/C25H45N3O2/c1-3-4-5-6-7-8-9-10-11-12-13-14-15-16-17-18-19-24-27-20-21-28(24,23(2)26)22-25(29)30/h6-7,20-21,23H,3-5,8-19,22,26H2,1-2H3/b7-6+. The maximum atomic E-state index is 11.2. The molecule has 0 fully saturated rings. The van der Waals surface area contributed by atoms with E-state index in [1.165, 1.54) is 77.0 Å². The zero-order chi connectivity index (χ0) is 22.1. The van der Waals surface area contributed by atoms with Gasteiger partial charge in [-0.25, -0.2) is 9.48 Å². The van der Waals surface area contributed by atoms with E-state index in [4.69, 9.17) is 5.73 Å². The van der Waals surface area contributed by atoms with E-state index in [-0.39, 0.29) is 17.2 Å². The van der Waals surface area contributed by atoms with Crippen LogP contribution in [0.25, 0.3) is 0 Å². The van der Waals surface area contributed by atoms with E-state index in [1.54, 1.807) is 12.4 Å². The third-order valence-electron chi connectivity index (χ3n) is 6.07. The molecule has 0 aromatic rings. The summed E-state index contributed by atoms with van der Waals surface area (Å²) in [5.41, 5.74) is 6.08. The molecule has 0 radical (unpaired) electrons. The van der Waals surface area contributed by atoms with Crippen molar-refractivity contribution in [3.63, 3.8) is 0 Å². The van der Waals surface area contributed by atoms with Crippen LogP contribution in [0, 0.1) is 0 Å². The van der Waals surface area contributed by atoms with Crippen molar-refractivity contribution in [1.29, 1.82) is 0 Å². The first kappa shape index (κ1) is 26.6. The monoisotopic (exact) mass is 419 g/mol. The Hall–Kier alpha value is -1.46. The molecular weight excluding hydrogens is 374 g/mol. The summed E-state index contributed by atoms with van der Waals surface area (Å²) in [6.07, 6.45) is 26.6. The van der Waals surface area contributed by atoms with Gasteiger partial charge in [0.05, 0.1) is 12.2 Å². The Bertz CT molecular complexity index is 555. The maximum absolute atomic E-state index is 11.2. The van der Waals surface area contributed by atoms with Crippen molar-refractivity contribution in [2.75, 3.05) is 6.54 Å². The fraction of sp³-hybridized carbons (Fsp3) is 0.760. The molecule has 1 aliphatic rings. The van der Waals surface area contributed by atoms with Crippen molar-refractivity contribution in [3.8, 4) is 0 Å². The minimum absolute atomic E-state index is 0.108. The van der Waals surface area contributed by atoms with Gasteiger partial charge in [0, 0.05) is 13.3 Å². The van der Waals surface area contributed by atoms with Crippen molar-refractivity contribution in [2.24, 2.45) is 10.7 Å². The Balaban J connectivity index is 2.00. The predicted octanol–water partition coefficient (Wildman–Crippen LogP) is 5.17. The maximum Gasteiger partial charge on any atom is 0.209 e. The lowest BCUT2D eigenvalue weighted by Gasteiger charge is -2.36. The van der Waals surface area contributed by atoms with E-state index >= 15 is 0 Å². The molecule has 2 atom stereocenters. The molecule has 0 aliphatic carbocycles. The van der Waals surface area contributed by atoms with E-state index in [2.05, 4.69) is 24.1 Å². The molecule has 0 saturated heterocycles. The molecule has 0 bridgehead atoms. The number of hydrogen-bond donors (Lipinski definition) is 1. The fourth-order valence-corrected chi connectivity index (χ4v) is 4.09. The topological polar surface area (TPSA) is 78.5 Å². The largest absolute Gasteiger partial charge is 0.544 e. The van der Waals surface area contributed by atoms with Gasteiger partial charge in [0.1, 0.15) is 18.9 Å². The number of carbonyl (C=O) groups excluding carboxylic acids is 1. The second-order valence-electron chi connectivity index (χ2n) is 8.73. The molecule has 30 heavy (non-hydrogen) atoms. The Morgan fingerprint density at radius 1 is 1.00 bits per heavy atom. The number of aliphatic imine (C=N–C) groups is 1. The molecular formula is C25H45N3O2. The second kappa shape index (κ2) is 16.3.